The van der Waals surface area contributed by atoms with Gasteiger partial charge < -0.3 is 0 Å². The first-order valence-corrected chi connectivity index (χ1v) is 6.28. The Hall–Kier alpha value is -0.790. The highest BCUT2D eigenvalue weighted by Crippen LogP contribution is 2.30. The summed E-state index contributed by atoms with van der Waals surface area (Å²) in [6.07, 6.45) is 0. The Kier molecular flexibility index (Phi) is 3.36. The van der Waals surface area contributed by atoms with Crippen molar-refractivity contribution in [1.29, 1.82) is 0 Å². The van der Waals surface area contributed by atoms with E-state index in [2.05, 4.69) is 54.0 Å². The number of halogens is 2. The fraction of sp³-hybridized carbons (Fsp3) is 0.143. The standard InChI is InChI=1S/C14H12BrCl/c1-9-10(2)14(15)8-7-13(9)11-3-5-12(16)6-4-11/h3-8H,1-2H3. The second kappa shape index (κ2) is 4.60. The third-order valence-corrected chi connectivity index (χ3v) is 3.99. The Morgan fingerprint density at radius 2 is 1.50 bits per heavy atom. The molecule has 0 aliphatic rings. The zero-order chi connectivity index (χ0) is 11.7. The lowest BCUT2D eigenvalue weighted by molar-refractivity contribution is 1.32. The molecule has 0 spiro atoms. The number of rotatable bonds is 1. The molecule has 0 nitrogen and oxygen atoms in total. The molecule has 2 aromatic rings. The largest absolute Gasteiger partial charge is 0.0843 e. The van der Waals surface area contributed by atoms with Crippen LogP contribution in [-0.2, 0) is 0 Å². The molecular weight excluding hydrogens is 284 g/mol. The van der Waals surface area contributed by atoms with Crippen LogP contribution in [0.4, 0.5) is 0 Å². The van der Waals surface area contributed by atoms with Gasteiger partial charge in [-0.3, -0.25) is 0 Å². The van der Waals surface area contributed by atoms with Crippen molar-refractivity contribution in [2.45, 2.75) is 13.8 Å². The topological polar surface area (TPSA) is 0 Å². The van der Waals surface area contributed by atoms with Crippen LogP contribution in [0.5, 0.6) is 0 Å². The summed E-state index contributed by atoms with van der Waals surface area (Å²) in [6, 6.07) is 12.2. The molecule has 0 aliphatic carbocycles. The minimum absolute atomic E-state index is 0.773. The van der Waals surface area contributed by atoms with Crippen LogP contribution in [0.1, 0.15) is 11.1 Å². The number of hydrogen-bond acceptors (Lipinski definition) is 0. The van der Waals surface area contributed by atoms with E-state index in [1.807, 2.05) is 12.1 Å². The molecular formula is C14H12BrCl. The summed E-state index contributed by atoms with van der Waals surface area (Å²) in [4.78, 5) is 0. The van der Waals surface area contributed by atoms with Gasteiger partial charge in [0.15, 0.2) is 0 Å². The second-order valence-electron chi connectivity index (χ2n) is 3.85. The predicted octanol–water partition coefficient (Wildman–Crippen LogP) is 5.39. The fourth-order valence-corrected chi connectivity index (χ4v) is 2.29. The Balaban J connectivity index is 2.57. The highest BCUT2D eigenvalue weighted by atomic mass is 79.9. The Morgan fingerprint density at radius 3 is 2.12 bits per heavy atom. The summed E-state index contributed by atoms with van der Waals surface area (Å²) in [5.41, 5.74) is 5.05. The summed E-state index contributed by atoms with van der Waals surface area (Å²) >= 11 is 9.43. The van der Waals surface area contributed by atoms with Gasteiger partial charge >= 0.3 is 0 Å². The zero-order valence-electron chi connectivity index (χ0n) is 9.22. The molecule has 0 saturated carbocycles. The van der Waals surface area contributed by atoms with E-state index in [0.29, 0.717) is 0 Å². The molecule has 0 fully saturated rings. The summed E-state index contributed by atoms with van der Waals surface area (Å²) in [7, 11) is 0. The normalized spacial score (nSPS) is 10.5. The maximum Gasteiger partial charge on any atom is 0.0406 e. The summed E-state index contributed by atoms with van der Waals surface area (Å²) in [5, 5.41) is 0.773. The van der Waals surface area contributed by atoms with Gasteiger partial charge in [-0.15, -0.1) is 0 Å². The van der Waals surface area contributed by atoms with Gasteiger partial charge in [0.05, 0.1) is 0 Å². The number of benzene rings is 2. The molecule has 0 amide bonds. The Labute approximate surface area is 109 Å². The summed E-state index contributed by atoms with van der Waals surface area (Å²) in [6.45, 7) is 4.27. The van der Waals surface area contributed by atoms with Gasteiger partial charge in [0.1, 0.15) is 0 Å². The van der Waals surface area contributed by atoms with Gasteiger partial charge in [0, 0.05) is 9.50 Å². The van der Waals surface area contributed by atoms with Gasteiger partial charge in [0.2, 0.25) is 0 Å². The van der Waals surface area contributed by atoms with Crippen molar-refractivity contribution in [2.24, 2.45) is 0 Å². The smallest absolute Gasteiger partial charge is 0.0406 e. The maximum absolute atomic E-state index is 5.89. The first kappa shape index (κ1) is 11.7. The molecule has 16 heavy (non-hydrogen) atoms. The van der Waals surface area contributed by atoms with Crippen LogP contribution < -0.4 is 0 Å². The molecule has 0 N–H and O–H groups in total. The van der Waals surface area contributed by atoms with E-state index in [9.17, 15) is 0 Å². The Bertz CT molecular complexity index is 515. The molecule has 0 unspecified atom stereocenters. The van der Waals surface area contributed by atoms with Crippen LogP contribution in [0.3, 0.4) is 0 Å². The van der Waals surface area contributed by atoms with Crippen molar-refractivity contribution < 1.29 is 0 Å². The monoisotopic (exact) mass is 294 g/mol. The number of hydrogen-bond donors (Lipinski definition) is 0. The molecule has 0 bridgehead atoms. The SMILES string of the molecule is Cc1c(Br)ccc(-c2ccc(Cl)cc2)c1C. The van der Waals surface area contributed by atoms with Crippen LogP contribution in [0, 0.1) is 13.8 Å². The van der Waals surface area contributed by atoms with Crippen LogP contribution in [0.15, 0.2) is 40.9 Å². The molecule has 2 rings (SSSR count). The average molecular weight is 296 g/mol. The molecule has 2 heteroatoms. The van der Waals surface area contributed by atoms with E-state index < -0.39 is 0 Å². The summed E-state index contributed by atoms with van der Waals surface area (Å²) in [5.74, 6) is 0. The van der Waals surface area contributed by atoms with Crippen molar-refractivity contribution in [1.82, 2.24) is 0 Å². The van der Waals surface area contributed by atoms with E-state index in [1.54, 1.807) is 0 Å². The third-order valence-electron chi connectivity index (χ3n) is 2.88. The van der Waals surface area contributed by atoms with Crippen molar-refractivity contribution in [2.75, 3.05) is 0 Å². The first-order chi connectivity index (χ1) is 7.59. The molecule has 0 radical (unpaired) electrons. The van der Waals surface area contributed by atoms with E-state index in [4.69, 9.17) is 11.6 Å². The van der Waals surface area contributed by atoms with Crippen molar-refractivity contribution in [3.63, 3.8) is 0 Å². The molecule has 0 aromatic heterocycles. The molecule has 2 aromatic carbocycles. The van der Waals surface area contributed by atoms with Crippen LogP contribution in [0.25, 0.3) is 11.1 Å². The maximum atomic E-state index is 5.89. The van der Waals surface area contributed by atoms with Gasteiger partial charge in [-0.1, -0.05) is 45.7 Å². The second-order valence-corrected chi connectivity index (χ2v) is 5.14. The third kappa shape index (κ3) is 2.16. The molecule has 0 heterocycles. The fourth-order valence-electron chi connectivity index (χ4n) is 1.73. The van der Waals surface area contributed by atoms with Crippen LogP contribution in [0.2, 0.25) is 5.02 Å². The van der Waals surface area contributed by atoms with Crippen LogP contribution >= 0.6 is 27.5 Å². The highest BCUT2D eigenvalue weighted by molar-refractivity contribution is 9.10. The lowest BCUT2D eigenvalue weighted by atomic mass is 9.97. The van der Waals surface area contributed by atoms with Crippen molar-refractivity contribution >= 4 is 27.5 Å². The molecule has 0 aliphatic heterocycles. The molecule has 82 valence electrons. The van der Waals surface area contributed by atoms with Crippen molar-refractivity contribution in [3.05, 3.63) is 57.0 Å². The lowest BCUT2D eigenvalue weighted by Crippen LogP contribution is -1.88. The van der Waals surface area contributed by atoms with Gasteiger partial charge in [0.25, 0.3) is 0 Å². The quantitative estimate of drug-likeness (QED) is 0.662. The average Bonchev–Trinajstić information content (AvgIpc) is 2.28. The van der Waals surface area contributed by atoms with Gasteiger partial charge in [-0.2, -0.15) is 0 Å². The van der Waals surface area contributed by atoms with Crippen LogP contribution in [-0.4, -0.2) is 0 Å². The summed E-state index contributed by atoms with van der Waals surface area (Å²) < 4.78 is 1.16. The van der Waals surface area contributed by atoms with Gasteiger partial charge in [-0.25, -0.2) is 0 Å². The van der Waals surface area contributed by atoms with E-state index >= 15 is 0 Å². The van der Waals surface area contributed by atoms with E-state index in [-0.39, 0.29) is 0 Å². The van der Waals surface area contributed by atoms with E-state index in [0.717, 1.165) is 9.50 Å². The first-order valence-electron chi connectivity index (χ1n) is 5.11. The molecule has 0 atom stereocenters. The van der Waals surface area contributed by atoms with Crippen molar-refractivity contribution in [3.8, 4) is 11.1 Å². The zero-order valence-corrected chi connectivity index (χ0v) is 11.6. The minimum atomic E-state index is 0.773. The lowest BCUT2D eigenvalue weighted by Gasteiger charge is -2.10. The Morgan fingerprint density at radius 1 is 0.875 bits per heavy atom. The van der Waals surface area contributed by atoms with Gasteiger partial charge in [-0.05, 0) is 54.3 Å². The van der Waals surface area contributed by atoms with E-state index in [1.165, 1.54) is 22.3 Å². The highest BCUT2D eigenvalue weighted by Gasteiger charge is 2.06. The predicted molar refractivity (Wildman–Crippen MR) is 74.1 cm³/mol. The molecule has 0 saturated heterocycles. The minimum Gasteiger partial charge on any atom is -0.0843 e.